The number of aliphatic carboxylic acids is 1. The summed E-state index contributed by atoms with van der Waals surface area (Å²) in [6, 6.07) is 8.66. The van der Waals surface area contributed by atoms with Crippen LogP contribution in [0.1, 0.15) is 56.1 Å². The second-order valence-corrected chi connectivity index (χ2v) is 8.29. The number of hydrogen-bond donors (Lipinski definition) is 2. The monoisotopic (exact) mass is 368 g/mol. The van der Waals surface area contributed by atoms with Crippen LogP contribution in [0.2, 0.25) is 0 Å². The smallest absolute Gasteiger partial charge is 0.303 e. The van der Waals surface area contributed by atoms with Gasteiger partial charge in [0.05, 0.1) is 6.10 Å². The molecule has 0 unspecified atom stereocenters. The maximum atomic E-state index is 10.6. The number of fused-ring (bicyclic) bond motifs is 1. The molecular formula is C24H32O3. The molecule has 2 N–H and O–H groups in total. The molecule has 0 heterocycles. The van der Waals surface area contributed by atoms with Gasteiger partial charge in [0.25, 0.3) is 0 Å². The average Bonchev–Trinajstić information content (AvgIpc) is 3.13. The summed E-state index contributed by atoms with van der Waals surface area (Å²) in [6.45, 7) is 2.13. The Hall–Kier alpha value is -1.87. The van der Waals surface area contributed by atoms with Gasteiger partial charge in [0.1, 0.15) is 0 Å². The van der Waals surface area contributed by atoms with Gasteiger partial charge in [0.15, 0.2) is 0 Å². The molecule has 3 rings (SSSR count). The second-order valence-electron chi connectivity index (χ2n) is 8.29. The Balaban J connectivity index is 1.46. The molecule has 1 saturated carbocycles. The number of benzene rings is 1. The number of aliphatic hydroxyl groups is 1. The quantitative estimate of drug-likeness (QED) is 0.472. The van der Waals surface area contributed by atoms with Crippen LogP contribution in [0.4, 0.5) is 0 Å². The molecule has 0 radical (unpaired) electrons. The minimum atomic E-state index is -0.703. The van der Waals surface area contributed by atoms with E-state index in [0.717, 1.165) is 44.9 Å². The van der Waals surface area contributed by atoms with Gasteiger partial charge in [-0.15, -0.1) is 0 Å². The number of aliphatic hydroxyl groups excluding tert-OH is 1. The van der Waals surface area contributed by atoms with E-state index >= 15 is 0 Å². The summed E-state index contributed by atoms with van der Waals surface area (Å²) >= 11 is 0. The molecule has 1 aromatic rings. The third-order valence-electron chi connectivity index (χ3n) is 6.13. The number of carboxylic acid groups (broad SMARTS) is 1. The summed E-state index contributed by atoms with van der Waals surface area (Å²) in [5, 5.41) is 19.2. The lowest BCUT2D eigenvalue weighted by molar-refractivity contribution is -0.137. The van der Waals surface area contributed by atoms with Crippen molar-refractivity contribution >= 4 is 5.97 Å². The molecule has 0 spiro atoms. The Kier molecular flexibility index (Phi) is 6.89. The second kappa shape index (κ2) is 9.36. The summed E-state index contributed by atoms with van der Waals surface area (Å²) in [5.41, 5.74) is 4.15. The Labute approximate surface area is 162 Å². The molecule has 0 aromatic heterocycles. The van der Waals surface area contributed by atoms with Crippen molar-refractivity contribution in [2.45, 2.75) is 64.4 Å². The first-order valence-electron chi connectivity index (χ1n) is 10.3. The lowest BCUT2D eigenvalue weighted by Crippen LogP contribution is -2.17. The Morgan fingerprint density at radius 3 is 2.89 bits per heavy atom. The Morgan fingerprint density at radius 1 is 1.26 bits per heavy atom. The molecule has 27 heavy (non-hydrogen) atoms. The Morgan fingerprint density at radius 2 is 2.11 bits per heavy atom. The van der Waals surface area contributed by atoms with Crippen molar-refractivity contribution in [1.82, 2.24) is 0 Å². The van der Waals surface area contributed by atoms with Crippen LogP contribution in [0.15, 0.2) is 48.1 Å². The molecule has 1 aromatic carbocycles. The molecule has 4 atom stereocenters. The van der Waals surface area contributed by atoms with Gasteiger partial charge in [-0.05, 0) is 69.3 Å². The molecular weight excluding hydrogens is 336 g/mol. The topological polar surface area (TPSA) is 57.5 Å². The molecule has 0 bridgehead atoms. The minimum Gasteiger partial charge on any atom is -0.481 e. The first-order chi connectivity index (χ1) is 13.0. The average molecular weight is 369 g/mol. The van der Waals surface area contributed by atoms with Crippen molar-refractivity contribution in [2.75, 3.05) is 0 Å². The maximum absolute atomic E-state index is 10.6. The van der Waals surface area contributed by atoms with Crippen LogP contribution >= 0.6 is 0 Å². The zero-order valence-electron chi connectivity index (χ0n) is 16.3. The van der Waals surface area contributed by atoms with Crippen molar-refractivity contribution in [3.63, 3.8) is 0 Å². The summed E-state index contributed by atoms with van der Waals surface area (Å²) < 4.78 is 0. The van der Waals surface area contributed by atoms with E-state index in [-0.39, 0.29) is 18.4 Å². The highest BCUT2D eigenvalue weighted by atomic mass is 16.4. The summed E-state index contributed by atoms with van der Waals surface area (Å²) in [5.74, 6) is 0.595. The van der Waals surface area contributed by atoms with Crippen LogP contribution in [0.5, 0.6) is 0 Å². The molecule has 0 amide bonds. The number of aryl methyl sites for hydroxylation is 2. The lowest BCUT2D eigenvalue weighted by Gasteiger charge is -2.18. The van der Waals surface area contributed by atoms with Crippen molar-refractivity contribution in [2.24, 2.45) is 17.8 Å². The third kappa shape index (κ3) is 5.55. The highest BCUT2D eigenvalue weighted by molar-refractivity contribution is 5.66. The number of allylic oxidation sites excluding steroid dienone is 3. The highest BCUT2D eigenvalue weighted by Gasteiger charge is 2.42. The van der Waals surface area contributed by atoms with Crippen LogP contribution in [0.3, 0.4) is 0 Å². The molecule has 3 nitrogen and oxygen atoms in total. The molecule has 0 aliphatic heterocycles. The summed E-state index contributed by atoms with van der Waals surface area (Å²) in [4.78, 5) is 10.6. The molecule has 146 valence electrons. The standard InChI is InChI=1S/C24H32O3/c1-17-7-6-10-18(13-17)8-2-4-11-21-22-15-19(9-3-5-12-24(26)27)14-20(22)16-23(21)25/h4,6-7,10-11,13-14,20-23,25H,2-3,5,8-9,12,15-16H2,1H3,(H,26,27)/b11-4+/t20-,21+,22-,23+/m0/s1. The van der Waals surface area contributed by atoms with Crippen molar-refractivity contribution < 1.29 is 15.0 Å². The zero-order valence-corrected chi connectivity index (χ0v) is 16.3. The normalized spacial score (nSPS) is 27.1. The number of unbranched alkanes of at least 4 members (excludes halogenated alkanes) is 1. The zero-order chi connectivity index (χ0) is 19.2. The summed E-state index contributed by atoms with van der Waals surface area (Å²) in [6.07, 6.45) is 13.7. The van der Waals surface area contributed by atoms with Gasteiger partial charge >= 0.3 is 5.97 Å². The highest BCUT2D eigenvalue weighted by Crippen LogP contribution is 2.48. The summed E-state index contributed by atoms with van der Waals surface area (Å²) in [7, 11) is 0. The van der Waals surface area contributed by atoms with Gasteiger partial charge in [-0.25, -0.2) is 0 Å². The molecule has 1 fully saturated rings. The van der Waals surface area contributed by atoms with Gasteiger partial charge in [0.2, 0.25) is 0 Å². The van der Waals surface area contributed by atoms with Gasteiger partial charge in [-0.3, -0.25) is 4.79 Å². The number of carboxylic acids is 1. The van der Waals surface area contributed by atoms with Gasteiger partial charge < -0.3 is 10.2 Å². The van der Waals surface area contributed by atoms with Gasteiger partial charge in [-0.2, -0.15) is 0 Å². The van der Waals surface area contributed by atoms with Crippen molar-refractivity contribution in [3.8, 4) is 0 Å². The van der Waals surface area contributed by atoms with Crippen LogP contribution in [-0.4, -0.2) is 22.3 Å². The number of carbonyl (C=O) groups is 1. The van der Waals surface area contributed by atoms with Crippen molar-refractivity contribution in [3.05, 3.63) is 59.2 Å². The SMILES string of the molecule is Cc1cccc(CC/C=C/[C@@H]2[C@H]3CC(CCCCC(=O)O)=C[C@H]3C[C@H]2O)c1. The predicted octanol–water partition coefficient (Wildman–Crippen LogP) is 5.07. The van der Waals surface area contributed by atoms with Crippen LogP contribution in [-0.2, 0) is 11.2 Å². The lowest BCUT2D eigenvalue weighted by atomic mass is 9.88. The van der Waals surface area contributed by atoms with Crippen LogP contribution < -0.4 is 0 Å². The molecule has 3 heteroatoms. The number of rotatable bonds is 9. The van der Waals surface area contributed by atoms with E-state index in [9.17, 15) is 9.90 Å². The maximum Gasteiger partial charge on any atom is 0.303 e. The van der Waals surface area contributed by atoms with E-state index in [1.807, 2.05) is 0 Å². The molecule has 0 saturated heterocycles. The van der Waals surface area contributed by atoms with E-state index in [1.54, 1.807) is 0 Å². The third-order valence-corrected chi connectivity index (χ3v) is 6.13. The van der Waals surface area contributed by atoms with Gasteiger partial charge in [0, 0.05) is 12.3 Å². The van der Waals surface area contributed by atoms with Crippen LogP contribution in [0, 0.1) is 24.7 Å². The molecule has 2 aliphatic rings. The minimum absolute atomic E-state index is 0.222. The van der Waals surface area contributed by atoms with E-state index in [2.05, 4.69) is 49.4 Å². The molecule has 2 aliphatic carbocycles. The van der Waals surface area contributed by atoms with E-state index in [1.165, 1.54) is 16.7 Å². The van der Waals surface area contributed by atoms with Crippen LogP contribution in [0.25, 0.3) is 0 Å². The largest absolute Gasteiger partial charge is 0.481 e. The van der Waals surface area contributed by atoms with E-state index in [4.69, 9.17) is 5.11 Å². The van der Waals surface area contributed by atoms with Gasteiger partial charge in [-0.1, -0.05) is 53.6 Å². The fourth-order valence-electron chi connectivity index (χ4n) is 4.79. The van der Waals surface area contributed by atoms with E-state index in [0.29, 0.717) is 11.8 Å². The first-order valence-corrected chi connectivity index (χ1v) is 10.3. The fourth-order valence-corrected chi connectivity index (χ4v) is 4.79. The fraction of sp³-hybridized carbons (Fsp3) is 0.542. The van der Waals surface area contributed by atoms with E-state index < -0.39 is 5.97 Å². The Bertz CT molecular complexity index is 703. The predicted molar refractivity (Wildman–Crippen MR) is 109 cm³/mol. The van der Waals surface area contributed by atoms with Crippen molar-refractivity contribution in [1.29, 1.82) is 0 Å². The number of hydrogen-bond acceptors (Lipinski definition) is 2. The first kappa shape index (κ1) is 19.9.